The molecule has 74 valence electrons. The Morgan fingerprint density at radius 1 is 1.50 bits per heavy atom. The number of aliphatic hydroxyl groups excluding tert-OH is 1. The second-order valence-corrected chi connectivity index (χ2v) is 3.46. The molecule has 0 spiro atoms. The highest BCUT2D eigenvalue weighted by atomic mass is 16.3. The van der Waals surface area contributed by atoms with Crippen molar-refractivity contribution < 1.29 is 9.90 Å². The molecule has 2 rings (SSSR count). The predicted molar refractivity (Wildman–Crippen MR) is 51.6 cm³/mol. The fraction of sp³-hybridized carbons (Fsp3) is 0.300. The number of fused-ring (bicyclic) bond motifs is 1. The van der Waals surface area contributed by atoms with Gasteiger partial charge in [-0.25, -0.2) is 4.79 Å². The Morgan fingerprint density at radius 3 is 2.86 bits per heavy atom. The van der Waals surface area contributed by atoms with Crippen molar-refractivity contribution in [3.8, 4) is 0 Å². The average Bonchev–Trinajstić information content (AvgIpc) is 2.44. The van der Waals surface area contributed by atoms with Crippen LogP contribution in [0.15, 0.2) is 24.3 Å². The fourth-order valence-electron chi connectivity index (χ4n) is 1.89. The maximum Gasteiger partial charge on any atom is 0.312 e. The SMILES string of the molecule is NC(=O)NC1Cc2ccccc2C1O. The van der Waals surface area contributed by atoms with Crippen LogP contribution in [0, 0.1) is 0 Å². The number of primary amides is 1. The molecule has 1 aromatic carbocycles. The van der Waals surface area contributed by atoms with Crippen molar-refractivity contribution in [2.45, 2.75) is 18.6 Å². The van der Waals surface area contributed by atoms with Gasteiger partial charge in [-0.15, -0.1) is 0 Å². The zero-order chi connectivity index (χ0) is 10.1. The Balaban J connectivity index is 2.21. The molecule has 0 fully saturated rings. The van der Waals surface area contributed by atoms with Gasteiger partial charge in [-0.2, -0.15) is 0 Å². The van der Waals surface area contributed by atoms with Gasteiger partial charge >= 0.3 is 6.03 Å². The van der Waals surface area contributed by atoms with Gasteiger partial charge in [-0.3, -0.25) is 0 Å². The van der Waals surface area contributed by atoms with E-state index in [4.69, 9.17) is 5.73 Å². The summed E-state index contributed by atoms with van der Waals surface area (Å²) >= 11 is 0. The van der Waals surface area contributed by atoms with Gasteiger partial charge in [0.1, 0.15) is 0 Å². The maximum absolute atomic E-state index is 10.7. The first-order chi connectivity index (χ1) is 6.68. The third-order valence-corrected chi connectivity index (χ3v) is 2.52. The molecule has 2 unspecified atom stereocenters. The summed E-state index contributed by atoms with van der Waals surface area (Å²) in [5, 5.41) is 12.3. The summed E-state index contributed by atoms with van der Waals surface area (Å²) in [6.07, 6.45) is -0.000926. The lowest BCUT2D eigenvalue weighted by molar-refractivity contribution is 0.144. The molecule has 0 aromatic heterocycles. The number of rotatable bonds is 1. The van der Waals surface area contributed by atoms with E-state index in [1.165, 1.54) is 0 Å². The van der Waals surface area contributed by atoms with Crippen LogP contribution in [0.4, 0.5) is 4.79 Å². The van der Waals surface area contributed by atoms with Gasteiger partial charge < -0.3 is 16.2 Å². The van der Waals surface area contributed by atoms with Gasteiger partial charge in [-0.05, 0) is 17.5 Å². The number of hydrogen-bond donors (Lipinski definition) is 3. The van der Waals surface area contributed by atoms with Crippen LogP contribution < -0.4 is 11.1 Å². The van der Waals surface area contributed by atoms with Crippen LogP contribution in [0.3, 0.4) is 0 Å². The van der Waals surface area contributed by atoms with Crippen molar-refractivity contribution in [2.24, 2.45) is 5.73 Å². The van der Waals surface area contributed by atoms with E-state index in [0.717, 1.165) is 11.1 Å². The van der Waals surface area contributed by atoms with Crippen molar-refractivity contribution in [2.75, 3.05) is 0 Å². The van der Waals surface area contributed by atoms with E-state index in [1.807, 2.05) is 24.3 Å². The van der Waals surface area contributed by atoms with Crippen LogP contribution in [0.25, 0.3) is 0 Å². The van der Waals surface area contributed by atoms with Crippen LogP contribution >= 0.6 is 0 Å². The Morgan fingerprint density at radius 2 is 2.21 bits per heavy atom. The van der Waals surface area contributed by atoms with Crippen molar-refractivity contribution in [1.82, 2.24) is 5.32 Å². The fourth-order valence-corrected chi connectivity index (χ4v) is 1.89. The summed E-state index contributed by atoms with van der Waals surface area (Å²) in [5.74, 6) is 0. The zero-order valence-electron chi connectivity index (χ0n) is 7.60. The number of urea groups is 1. The summed E-state index contributed by atoms with van der Waals surface area (Å²) in [4.78, 5) is 10.7. The van der Waals surface area contributed by atoms with E-state index in [2.05, 4.69) is 5.32 Å². The molecule has 0 heterocycles. The molecule has 4 nitrogen and oxygen atoms in total. The summed E-state index contributed by atoms with van der Waals surface area (Å²) < 4.78 is 0. The monoisotopic (exact) mass is 192 g/mol. The van der Waals surface area contributed by atoms with E-state index in [9.17, 15) is 9.90 Å². The van der Waals surface area contributed by atoms with Gasteiger partial charge in [0, 0.05) is 0 Å². The van der Waals surface area contributed by atoms with E-state index < -0.39 is 12.1 Å². The number of amides is 2. The Bertz CT molecular complexity index is 365. The standard InChI is InChI=1S/C10H12N2O2/c11-10(14)12-8-5-6-3-1-2-4-7(6)9(8)13/h1-4,8-9,13H,5H2,(H3,11,12,14). The van der Waals surface area contributed by atoms with E-state index in [0.29, 0.717) is 6.42 Å². The lowest BCUT2D eigenvalue weighted by Gasteiger charge is -2.14. The molecule has 0 saturated carbocycles. The number of benzene rings is 1. The lowest BCUT2D eigenvalue weighted by atomic mass is 10.1. The zero-order valence-corrected chi connectivity index (χ0v) is 7.60. The van der Waals surface area contributed by atoms with Gasteiger partial charge in [-0.1, -0.05) is 24.3 Å². The minimum Gasteiger partial charge on any atom is -0.386 e. The van der Waals surface area contributed by atoms with Crippen LogP contribution in [0.5, 0.6) is 0 Å². The van der Waals surface area contributed by atoms with E-state index >= 15 is 0 Å². The molecule has 14 heavy (non-hydrogen) atoms. The molecule has 0 radical (unpaired) electrons. The van der Waals surface area contributed by atoms with Crippen LogP contribution in [0.2, 0.25) is 0 Å². The summed E-state index contributed by atoms with van der Waals surface area (Å²) in [6.45, 7) is 0. The third kappa shape index (κ3) is 1.44. The quantitative estimate of drug-likeness (QED) is 0.599. The van der Waals surface area contributed by atoms with Crippen molar-refractivity contribution >= 4 is 6.03 Å². The first-order valence-electron chi connectivity index (χ1n) is 4.50. The number of nitrogens with one attached hydrogen (secondary N) is 1. The highest BCUT2D eigenvalue weighted by Gasteiger charge is 2.30. The van der Waals surface area contributed by atoms with Crippen LogP contribution in [-0.2, 0) is 6.42 Å². The van der Waals surface area contributed by atoms with Crippen molar-refractivity contribution in [3.63, 3.8) is 0 Å². The number of nitrogens with two attached hydrogens (primary N) is 1. The van der Waals surface area contributed by atoms with E-state index in [1.54, 1.807) is 0 Å². The first-order valence-corrected chi connectivity index (χ1v) is 4.50. The minimum atomic E-state index is -0.640. The maximum atomic E-state index is 10.7. The third-order valence-electron chi connectivity index (χ3n) is 2.52. The van der Waals surface area contributed by atoms with Gasteiger partial charge in [0.15, 0.2) is 0 Å². The number of hydrogen-bond acceptors (Lipinski definition) is 2. The summed E-state index contributed by atoms with van der Waals surface area (Å²) in [6, 6.07) is 6.71. The van der Waals surface area contributed by atoms with Gasteiger partial charge in [0.05, 0.1) is 12.1 Å². The molecule has 1 aliphatic carbocycles. The second kappa shape index (κ2) is 3.31. The predicted octanol–water partition coefficient (Wildman–Crippen LogP) is 0.313. The van der Waals surface area contributed by atoms with Gasteiger partial charge in [0.25, 0.3) is 0 Å². The Hall–Kier alpha value is -1.55. The highest BCUT2D eigenvalue weighted by molar-refractivity contribution is 5.72. The second-order valence-electron chi connectivity index (χ2n) is 3.46. The number of aliphatic hydroxyl groups is 1. The average molecular weight is 192 g/mol. The van der Waals surface area contributed by atoms with Crippen molar-refractivity contribution in [1.29, 1.82) is 0 Å². The molecule has 2 amide bonds. The van der Waals surface area contributed by atoms with Crippen molar-refractivity contribution in [3.05, 3.63) is 35.4 Å². The van der Waals surface area contributed by atoms with E-state index in [-0.39, 0.29) is 6.04 Å². The molecule has 4 N–H and O–H groups in total. The van der Waals surface area contributed by atoms with Crippen LogP contribution in [-0.4, -0.2) is 17.2 Å². The topological polar surface area (TPSA) is 75.4 Å². The normalized spacial score (nSPS) is 24.4. The molecule has 0 saturated heterocycles. The molecular weight excluding hydrogens is 180 g/mol. The molecule has 1 aliphatic rings. The van der Waals surface area contributed by atoms with Gasteiger partial charge in [0.2, 0.25) is 0 Å². The molecule has 0 bridgehead atoms. The Kier molecular flexibility index (Phi) is 2.13. The largest absolute Gasteiger partial charge is 0.386 e. The Labute approximate surface area is 81.7 Å². The first kappa shape index (κ1) is 9.02. The minimum absolute atomic E-state index is 0.287. The summed E-state index contributed by atoms with van der Waals surface area (Å²) in [5.41, 5.74) is 6.96. The highest BCUT2D eigenvalue weighted by Crippen LogP contribution is 2.30. The number of carbonyl (C=O) groups excluding carboxylic acids is 1. The molecule has 2 atom stereocenters. The van der Waals surface area contributed by atoms with Crippen LogP contribution in [0.1, 0.15) is 17.2 Å². The molecular formula is C10H12N2O2. The lowest BCUT2D eigenvalue weighted by Crippen LogP contribution is -2.41. The smallest absolute Gasteiger partial charge is 0.312 e. The number of carbonyl (C=O) groups is 1. The molecule has 1 aromatic rings. The molecule has 4 heteroatoms. The molecule has 0 aliphatic heterocycles. The summed E-state index contributed by atoms with van der Waals surface area (Å²) in [7, 11) is 0.